The van der Waals surface area contributed by atoms with Crippen molar-refractivity contribution >= 4 is 18.1 Å². The predicted molar refractivity (Wildman–Crippen MR) is 62.4 cm³/mol. The van der Waals surface area contributed by atoms with Crippen LogP contribution in [0.5, 0.6) is 0 Å². The van der Waals surface area contributed by atoms with Crippen molar-refractivity contribution in [3.8, 4) is 0 Å². The lowest BCUT2D eigenvalue weighted by Gasteiger charge is -2.14. The summed E-state index contributed by atoms with van der Waals surface area (Å²) < 4.78 is 0. The summed E-state index contributed by atoms with van der Waals surface area (Å²) in [6.07, 6.45) is 7.78. The minimum absolute atomic E-state index is 0.374. The van der Waals surface area contributed by atoms with Gasteiger partial charge in [0.05, 0.1) is 0 Å². The van der Waals surface area contributed by atoms with Crippen molar-refractivity contribution in [2.24, 2.45) is 5.73 Å². The van der Waals surface area contributed by atoms with E-state index in [2.05, 4.69) is 18.7 Å². The van der Waals surface area contributed by atoms with Crippen LogP contribution in [-0.4, -0.2) is 5.91 Å². The van der Waals surface area contributed by atoms with E-state index in [1.807, 2.05) is 6.08 Å². The Labute approximate surface area is 89.1 Å². The molecule has 0 spiro atoms. The first-order chi connectivity index (χ1) is 7.22. The van der Waals surface area contributed by atoms with E-state index >= 15 is 0 Å². The van der Waals surface area contributed by atoms with Crippen LogP contribution >= 0.6 is 0 Å². The van der Waals surface area contributed by atoms with Crippen LogP contribution < -0.4 is 5.73 Å². The molecule has 76 valence electrons. The normalized spacial score (nSPS) is 13.3. The molecule has 0 unspecified atom stereocenters. The predicted octanol–water partition coefficient (Wildman–Crippen LogP) is 2.39. The quantitative estimate of drug-likeness (QED) is 0.780. The molecule has 1 aliphatic carbocycles. The molecule has 2 N–H and O–H groups in total. The molecule has 1 aromatic carbocycles. The fraction of sp³-hybridized carbons (Fsp3) is 0.154. The third-order valence-electron chi connectivity index (χ3n) is 2.65. The van der Waals surface area contributed by atoms with E-state index < -0.39 is 0 Å². The number of aryl methyl sites for hydroxylation is 1. The lowest BCUT2D eigenvalue weighted by Crippen LogP contribution is -2.15. The van der Waals surface area contributed by atoms with Crippen LogP contribution in [0.3, 0.4) is 0 Å². The van der Waals surface area contributed by atoms with E-state index in [0.29, 0.717) is 5.56 Å². The Bertz CT molecular complexity index is 458. The second-order valence-corrected chi connectivity index (χ2v) is 3.65. The summed E-state index contributed by atoms with van der Waals surface area (Å²) in [5, 5.41) is 0. The minimum Gasteiger partial charge on any atom is -0.366 e. The highest BCUT2D eigenvalue weighted by Gasteiger charge is 2.13. The molecular weight excluding hydrogens is 186 g/mol. The molecule has 2 heteroatoms. The largest absolute Gasteiger partial charge is 0.366 e. The Morgan fingerprint density at radius 3 is 2.93 bits per heavy atom. The van der Waals surface area contributed by atoms with Crippen molar-refractivity contribution in [1.82, 2.24) is 0 Å². The zero-order valence-corrected chi connectivity index (χ0v) is 8.49. The maximum atomic E-state index is 11.3. The third-order valence-corrected chi connectivity index (χ3v) is 2.65. The van der Waals surface area contributed by atoms with Crippen LogP contribution in [0.15, 0.2) is 24.8 Å². The molecule has 0 bridgehead atoms. The second kappa shape index (κ2) is 3.73. The van der Waals surface area contributed by atoms with Gasteiger partial charge in [0.1, 0.15) is 0 Å². The van der Waals surface area contributed by atoms with Gasteiger partial charge < -0.3 is 5.73 Å². The first-order valence-electron chi connectivity index (χ1n) is 4.98. The molecule has 0 aliphatic heterocycles. The zero-order valence-electron chi connectivity index (χ0n) is 8.49. The smallest absolute Gasteiger partial charge is 0.249 e. The molecule has 0 heterocycles. The topological polar surface area (TPSA) is 43.1 Å². The lowest BCUT2D eigenvalue weighted by atomic mass is 9.91. The number of fused-ring (bicyclic) bond motifs is 1. The number of hydrogen-bond donors (Lipinski definition) is 1. The maximum Gasteiger partial charge on any atom is 0.249 e. The Balaban J connectivity index is 2.67. The molecule has 0 atom stereocenters. The highest BCUT2D eigenvalue weighted by Crippen LogP contribution is 2.25. The summed E-state index contributed by atoms with van der Waals surface area (Å²) in [5.74, 6) is -0.374. The number of hydrogen-bond acceptors (Lipinski definition) is 1. The maximum absolute atomic E-state index is 11.3. The summed E-state index contributed by atoms with van der Waals surface area (Å²) in [4.78, 5) is 11.3. The summed E-state index contributed by atoms with van der Waals surface area (Å²) in [6, 6.07) is 3.86. The van der Waals surface area contributed by atoms with Gasteiger partial charge in [0.25, 0.3) is 0 Å². The van der Waals surface area contributed by atoms with Crippen LogP contribution in [0, 0.1) is 0 Å². The highest BCUT2D eigenvalue weighted by atomic mass is 16.1. The van der Waals surface area contributed by atoms with Gasteiger partial charge in [0.15, 0.2) is 0 Å². The highest BCUT2D eigenvalue weighted by molar-refractivity contribution is 5.98. The molecule has 0 saturated carbocycles. The summed E-state index contributed by atoms with van der Waals surface area (Å²) in [7, 11) is 0. The number of benzene rings is 1. The second-order valence-electron chi connectivity index (χ2n) is 3.65. The molecule has 0 fully saturated rings. The van der Waals surface area contributed by atoms with Crippen LogP contribution in [0.25, 0.3) is 12.2 Å². The van der Waals surface area contributed by atoms with Crippen molar-refractivity contribution in [3.05, 3.63) is 47.0 Å². The number of carbonyl (C=O) groups excluding carboxylic acids is 1. The van der Waals surface area contributed by atoms with Crippen molar-refractivity contribution < 1.29 is 4.79 Å². The standard InChI is InChI=1S/C13H13NO/c1-2-9-7-10-5-3-4-6-11(10)12(8-9)13(14)15/h2,4,6-8H,1,3,5H2,(H2,14,15). The average molecular weight is 199 g/mol. The van der Waals surface area contributed by atoms with Gasteiger partial charge in [0.2, 0.25) is 5.91 Å². The van der Waals surface area contributed by atoms with Crippen molar-refractivity contribution in [2.75, 3.05) is 0 Å². The Hall–Kier alpha value is -1.83. The van der Waals surface area contributed by atoms with Gasteiger partial charge in [-0.2, -0.15) is 0 Å². The number of nitrogens with two attached hydrogens (primary N) is 1. The van der Waals surface area contributed by atoms with E-state index in [1.54, 1.807) is 12.1 Å². The number of rotatable bonds is 2. The molecule has 0 aromatic heterocycles. The first-order valence-corrected chi connectivity index (χ1v) is 4.98. The zero-order chi connectivity index (χ0) is 10.8. The van der Waals surface area contributed by atoms with Gasteiger partial charge in [0, 0.05) is 5.56 Å². The SMILES string of the molecule is C=Cc1cc2c(c(C(N)=O)c1)C=CCC2. The molecule has 1 amide bonds. The summed E-state index contributed by atoms with van der Waals surface area (Å²) >= 11 is 0. The molecule has 15 heavy (non-hydrogen) atoms. The first kappa shape index (κ1) is 9.71. The van der Waals surface area contributed by atoms with E-state index in [4.69, 9.17) is 5.73 Å². The van der Waals surface area contributed by atoms with Gasteiger partial charge in [-0.3, -0.25) is 4.79 Å². The Morgan fingerprint density at radius 1 is 1.47 bits per heavy atom. The molecule has 1 aliphatic rings. The van der Waals surface area contributed by atoms with Crippen molar-refractivity contribution in [3.63, 3.8) is 0 Å². The molecule has 2 rings (SSSR count). The molecular formula is C13H13NO. The van der Waals surface area contributed by atoms with E-state index in [0.717, 1.165) is 24.0 Å². The van der Waals surface area contributed by atoms with Gasteiger partial charge in [-0.1, -0.05) is 30.9 Å². The Morgan fingerprint density at radius 2 is 2.27 bits per heavy atom. The molecule has 2 nitrogen and oxygen atoms in total. The van der Waals surface area contributed by atoms with Crippen LogP contribution in [0.1, 0.15) is 33.5 Å². The van der Waals surface area contributed by atoms with Gasteiger partial charge in [-0.15, -0.1) is 0 Å². The molecule has 0 saturated heterocycles. The fourth-order valence-corrected chi connectivity index (χ4v) is 1.90. The monoisotopic (exact) mass is 199 g/mol. The van der Waals surface area contributed by atoms with Crippen LogP contribution in [0.2, 0.25) is 0 Å². The average Bonchev–Trinajstić information content (AvgIpc) is 2.27. The van der Waals surface area contributed by atoms with Gasteiger partial charge >= 0.3 is 0 Å². The fourth-order valence-electron chi connectivity index (χ4n) is 1.90. The van der Waals surface area contributed by atoms with E-state index in [-0.39, 0.29) is 5.91 Å². The summed E-state index contributed by atoms with van der Waals surface area (Å²) in [6.45, 7) is 3.71. The summed E-state index contributed by atoms with van der Waals surface area (Å²) in [5.41, 5.74) is 9.06. The number of carbonyl (C=O) groups is 1. The third kappa shape index (κ3) is 1.71. The van der Waals surface area contributed by atoms with E-state index in [1.165, 1.54) is 5.56 Å². The van der Waals surface area contributed by atoms with E-state index in [9.17, 15) is 4.79 Å². The lowest BCUT2D eigenvalue weighted by molar-refractivity contribution is 0.1000. The molecule has 1 aromatic rings. The van der Waals surface area contributed by atoms with Crippen LogP contribution in [0.4, 0.5) is 0 Å². The van der Waals surface area contributed by atoms with Crippen LogP contribution in [-0.2, 0) is 6.42 Å². The number of amides is 1. The van der Waals surface area contributed by atoms with Crippen molar-refractivity contribution in [2.45, 2.75) is 12.8 Å². The van der Waals surface area contributed by atoms with Gasteiger partial charge in [-0.25, -0.2) is 0 Å². The number of allylic oxidation sites excluding steroid dienone is 1. The molecule has 0 radical (unpaired) electrons. The number of primary amides is 1. The van der Waals surface area contributed by atoms with Crippen molar-refractivity contribution in [1.29, 1.82) is 0 Å². The van der Waals surface area contributed by atoms with Gasteiger partial charge in [-0.05, 0) is 35.6 Å². The minimum atomic E-state index is -0.374. The Kier molecular flexibility index (Phi) is 2.42.